The maximum atomic E-state index is 3.85. The fraction of sp³-hybridized carbons (Fsp3) is 0.750. The zero-order valence-electron chi connectivity index (χ0n) is 11.4. The molecule has 0 aromatic heterocycles. The fourth-order valence-electron chi connectivity index (χ4n) is 1.86. The smallest absolute Gasteiger partial charge is 0.0348 e. The van der Waals surface area contributed by atoms with Crippen molar-refractivity contribution < 1.29 is 0 Å². The summed E-state index contributed by atoms with van der Waals surface area (Å²) in [6.45, 7) is 8.18. The number of rotatable bonds is 11. The van der Waals surface area contributed by atoms with Crippen molar-refractivity contribution in [3.8, 4) is 0 Å². The van der Waals surface area contributed by atoms with Gasteiger partial charge >= 0.3 is 0 Å². The lowest BCUT2D eigenvalue weighted by Gasteiger charge is -2.00. The van der Waals surface area contributed by atoms with E-state index < -0.39 is 0 Å². The average molecular weight is 222 g/mol. The summed E-state index contributed by atoms with van der Waals surface area (Å²) >= 11 is 0. The van der Waals surface area contributed by atoms with Crippen molar-refractivity contribution in [1.82, 2.24) is 0 Å². The van der Waals surface area contributed by atoms with E-state index in [-0.39, 0.29) is 0 Å². The third kappa shape index (κ3) is 13.5. The van der Waals surface area contributed by atoms with E-state index in [1.54, 1.807) is 0 Å². The molecule has 0 amide bonds. The average Bonchev–Trinajstić information content (AvgIpc) is 2.25. The Morgan fingerprint density at radius 3 is 1.88 bits per heavy atom. The van der Waals surface area contributed by atoms with Gasteiger partial charge in [-0.25, -0.2) is 0 Å². The second-order valence-electron chi connectivity index (χ2n) is 4.87. The van der Waals surface area contributed by atoms with Crippen molar-refractivity contribution in [2.24, 2.45) is 0 Å². The fourth-order valence-corrected chi connectivity index (χ4v) is 1.86. The SMILES string of the molecule is C=C(C)C=CCCCCCCCCCCC. The van der Waals surface area contributed by atoms with Crippen LogP contribution >= 0.6 is 0 Å². The Balaban J connectivity index is 3.01. The van der Waals surface area contributed by atoms with E-state index in [1.807, 2.05) is 6.92 Å². The van der Waals surface area contributed by atoms with Crippen molar-refractivity contribution >= 4 is 0 Å². The van der Waals surface area contributed by atoms with Gasteiger partial charge in [0.15, 0.2) is 0 Å². The van der Waals surface area contributed by atoms with E-state index in [9.17, 15) is 0 Å². The largest absolute Gasteiger partial charge is 0.0961 e. The van der Waals surface area contributed by atoms with Gasteiger partial charge in [0.05, 0.1) is 0 Å². The summed E-state index contributed by atoms with van der Waals surface area (Å²) in [5, 5.41) is 0. The van der Waals surface area contributed by atoms with Crippen LogP contribution in [0.25, 0.3) is 0 Å². The summed E-state index contributed by atoms with van der Waals surface area (Å²) in [5.41, 5.74) is 1.16. The van der Waals surface area contributed by atoms with Crippen molar-refractivity contribution in [1.29, 1.82) is 0 Å². The highest BCUT2D eigenvalue weighted by molar-refractivity contribution is 5.10. The molecule has 0 aliphatic carbocycles. The molecule has 0 nitrogen and oxygen atoms in total. The van der Waals surface area contributed by atoms with E-state index in [0.717, 1.165) is 5.57 Å². The molecule has 0 aliphatic heterocycles. The van der Waals surface area contributed by atoms with Crippen LogP contribution in [-0.2, 0) is 0 Å². The molecule has 0 aliphatic rings. The molecule has 0 saturated carbocycles. The van der Waals surface area contributed by atoms with Gasteiger partial charge in [-0.05, 0) is 19.8 Å². The lowest BCUT2D eigenvalue weighted by molar-refractivity contribution is 0.566. The lowest BCUT2D eigenvalue weighted by Crippen LogP contribution is -1.80. The van der Waals surface area contributed by atoms with E-state index in [0.29, 0.717) is 0 Å². The Labute approximate surface area is 103 Å². The predicted molar refractivity (Wildman–Crippen MR) is 75.8 cm³/mol. The first-order valence-electron chi connectivity index (χ1n) is 7.09. The topological polar surface area (TPSA) is 0 Å². The molecular formula is C16H30. The summed E-state index contributed by atoms with van der Waals surface area (Å²) in [6.07, 6.45) is 18.3. The first-order chi connectivity index (χ1) is 7.77. The molecule has 0 spiro atoms. The molecule has 0 heterocycles. The standard InChI is InChI=1S/C16H30/c1-4-5-6-7-8-9-10-11-12-13-14-15-16(2)3/h14-15H,2,4-13H2,1,3H3. The summed E-state index contributed by atoms with van der Waals surface area (Å²) in [5.74, 6) is 0. The molecule has 0 fully saturated rings. The first kappa shape index (κ1) is 15.5. The third-order valence-corrected chi connectivity index (χ3v) is 2.88. The molecule has 0 bridgehead atoms. The van der Waals surface area contributed by atoms with Crippen LogP contribution in [0, 0.1) is 0 Å². The Bertz CT molecular complexity index is 176. The van der Waals surface area contributed by atoms with Crippen molar-refractivity contribution in [2.75, 3.05) is 0 Å². The highest BCUT2D eigenvalue weighted by Crippen LogP contribution is 2.10. The monoisotopic (exact) mass is 222 g/mol. The van der Waals surface area contributed by atoms with Crippen LogP contribution < -0.4 is 0 Å². The summed E-state index contributed by atoms with van der Waals surface area (Å²) in [4.78, 5) is 0. The van der Waals surface area contributed by atoms with E-state index in [1.165, 1.54) is 64.2 Å². The zero-order chi connectivity index (χ0) is 12.1. The summed E-state index contributed by atoms with van der Waals surface area (Å²) < 4.78 is 0. The normalized spacial score (nSPS) is 11.1. The number of allylic oxidation sites excluding steroid dienone is 3. The predicted octanol–water partition coefficient (Wildman–Crippen LogP) is 6.04. The van der Waals surface area contributed by atoms with E-state index in [4.69, 9.17) is 0 Å². The molecule has 16 heavy (non-hydrogen) atoms. The minimum atomic E-state index is 1.16. The molecular weight excluding hydrogens is 192 g/mol. The van der Waals surface area contributed by atoms with E-state index >= 15 is 0 Å². The maximum absolute atomic E-state index is 3.85. The minimum absolute atomic E-state index is 1.16. The van der Waals surface area contributed by atoms with Gasteiger partial charge in [0.1, 0.15) is 0 Å². The summed E-state index contributed by atoms with van der Waals surface area (Å²) in [7, 11) is 0. The molecule has 0 aromatic rings. The van der Waals surface area contributed by atoms with Crippen molar-refractivity contribution in [2.45, 2.75) is 78.1 Å². The number of unbranched alkanes of at least 4 members (excludes halogenated alkanes) is 9. The van der Waals surface area contributed by atoms with Gasteiger partial charge in [-0.2, -0.15) is 0 Å². The van der Waals surface area contributed by atoms with Crippen LogP contribution in [0.1, 0.15) is 78.1 Å². The van der Waals surface area contributed by atoms with Gasteiger partial charge in [-0.1, -0.05) is 82.6 Å². The second-order valence-corrected chi connectivity index (χ2v) is 4.87. The Hall–Kier alpha value is -0.520. The highest BCUT2D eigenvalue weighted by atomic mass is 14.0. The molecule has 0 heteroatoms. The molecule has 0 N–H and O–H groups in total. The molecule has 0 radical (unpaired) electrons. The molecule has 0 atom stereocenters. The van der Waals surface area contributed by atoms with Crippen LogP contribution in [0.3, 0.4) is 0 Å². The third-order valence-electron chi connectivity index (χ3n) is 2.88. The van der Waals surface area contributed by atoms with Crippen LogP contribution in [0.2, 0.25) is 0 Å². The van der Waals surface area contributed by atoms with Gasteiger partial charge in [0, 0.05) is 0 Å². The Morgan fingerprint density at radius 1 is 0.875 bits per heavy atom. The van der Waals surface area contributed by atoms with Crippen LogP contribution in [0.15, 0.2) is 24.3 Å². The second kappa shape index (κ2) is 12.5. The van der Waals surface area contributed by atoms with E-state index in [2.05, 4.69) is 25.7 Å². The first-order valence-corrected chi connectivity index (χ1v) is 7.09. The minimum Gasteiger partial charge on any atom is -0.0961 e. The lowest BCUT2D eigenvalue weighted by atomic mass is 10.1. The van der Waals surface area contributed by atoms with Gasteiger partial charge in [-0.15, -0.1) is 0 Å². The Kier molecular flexibility index (Phi) is 12.1. The Morgan fingerprint density at radius 2 is 1.38 bits per heavy atom. The van der Waals surface area contributed by atoms with Crippen LogP contribution in [0.5, 0.6) is 0 Å². The van der Waals surface area contributed by atoms with Crippen LogP contribution in [-0.4, -0.2) is 0 Å². The number of hydrogen-bond acceptors (Lipinski definition) is 0. The molecule has 0 rings (SSSR count). The molecule has 0 aromatic carbocycles. The number of hydrogen-bond donors (Lipinski definition) is 0. The molecule has 0 saturated heterocycles. The quantitative estimate of drug-likeness (QED) is 0.295. The molecule has 0 unspecified atom stereocenters. The van der Waals surface area contributed by atoms with Gasteiger partial charge < -0.3 is 0 Å². The van der Waals surface area contributed by atoms with Crippen molar-refractivity contribution in [3.05, 3.63) is 24.3 Å². The summed E-state index contributed by atoms with van der Waals surface area (Å²) in [6, 6.07) is 0. The molecule has 94 valence electrons. The van der Waals surface area contributed by atoms with Crippen LogP contribution in [0.4, 0.5) is 0 Å². The highest BCUT2D eigenvalue weighted by Gasteiger charge is 1.90. The zero-order valence-corrected chi connectivity index (χ0v) is 11.4. The van der Waals surface area contributed by atoms with Gasteiger partial charge in [0.2, 0.25) is 0 Å². The maximum Gasteiger partial charge on any atom is -0.0348 e. The van der Waals surface area contributed by atoms with Gasteiger partial charge in [0.25, 0.3) is 0 Å². The van der Waals surface area contributed by atoms with Crippen molar-refractivity contribution in [3.63, 3.8) is 0 Å². The van der Waals surface area contributed by atoms with Gasteiger partial charge in [-0.3, -0.25) is 0 Å².